The first kappa shape index (κ1) is 30.2. The van der Waals surface area contributed by atoms with Gasteiger partial charge in [-0.15, -0.1) is 11.3 Å². The Hall–Kier alpha value is -4.33. The summed E-state index contributed by atoms with van der Waals surface area (Å²) < 4.78 is 44.7. The van der Waals surface area contributed by atoms with Crippen LogP contribution in [-0.2, 0) is 22.3 Å². The maximum Gasteiger partial charge on any atom is 0.418 e. The molecule has 3 heterocycles. The van der Waals surface area contributed by atoms with Gasteiger partial charge in [0.15, 0.2) is 0 Å². The number of hydrogen-bond acceptors (Lipinski definition) is 9. The number of pyridine rings is 1. The molecule has 0 spiro atoms. The number of carbonyl (C=O) groups is 2. The van der Waals surface area contributed by atoms with Crippen molar-refractivity contribution < 1.29 is 27.3 Å². The first-order chi connectivity index (χ1) is 18.8. The van der Waals surface area contributed by atoms with E-state index in [2.05, 4.69) is 36.1 Å². The Morgan fingerprint density at radius 2 is 1.85 bits per heavy atom. The molecule has 0 bridgehead atoms. The molecule has 0 unspecified atom stereocenters. The average molecular weight is 576 g/mol. The van der Waals surface area contributed by atoms with Gasteiger partial charge in [0.05, 0.1) is 17.7 Å². The van der Waals surface area contributed by atoms with Crippen molar-refractivity contribution in [2.75, 3.05) is 12.4 Å². The van der Waals surface area contributed by atoms with Crippen molar-refractivity contribution in [1.82, 2.24) is 25.8 Å². The molecular weight excluding hydrogens is 547 g/mol. The number of rotatable bonds is 9. The minimum atomic E-state index is -4.54. The lowest BCUT2D eigenvalue weighted by atomic mass is 10.1. The smallest absolute Gasteiger partial charge is 0.373 e. The lowest BCUT2D eigenvalue weighted by Gasteiger charge is -2.10. The Labute approximate surface area is 232 Å². The van der Waals surface area contributed by atoms with Crippen LogP contribution in [0.1, 0.15) is 43.5 Å². The molecule has 0 aliphatic carbocycles. The van der Waals surface area contributed by atoms with Crippen molar-refractivity contribution in [2.24, 2.45) is 4.99 Å². The Bertz CT molecular complexity index is 1500. The van der Waals surface area contributed by atoms with Crippen LogP contribution in [0.25, 0.3) is 10.6 Å². The second-order valence-electron chi connectivity index (χ2n) is 8.75. The fourth-order valence-corrected chi connectivity index (χ4v) is 4.04. The minimum Gasteiger partial charge on any atom is -0.373 e. The van der Waals surface area contributed by atoms with Crippen molar-refractivity contribution in [3.05, 3.63) is 69.0 Å². The highest BCUT2D eigenvalue weighted by Gasteiger charge is 2.33. The van der Waals surface area contributed by atoms with Gasteiger partial charge < -0.3 is 20.5 Å². The molecule has 0 aliphatic rings. The first-order valence-electron chi connectivity index (χ1n) is 11.9. The number of carbonyl (C=O) groups excluding carboxylic acids is 2. The number of aromatic nitrogens is 3. The van der Waals surface area contributed by atoms with Crippen LogP contribution in [0.4, 0.5) is 19.0 Å². The molecule has 3 aromatic rings. The highest BCUT2D eigenvalue weighted by Crippen LogP contribution is 2.34. The van der Waals surface area contributed by atoms with E-state index >= 15 is 0 Å². The zero-order chi connectivity index (χ0) is 29.6. The number of aliphatic imine (C=N–C) groups is 1. The second kappa shape index (κ2) is 12.7. The molecule has 40 heavy (non-hydrogen) atoms. The molecule has 0 aromatic carbocycles. The molecule has 0 aliphatic heterocycles. The van der Waals surface area contributed by atoms with Crippen molar-refractivity contribution in [1.29, 1.82) is 0 Å². The van der Waals surface area contributed by atoms with Crippen LogP contribution in [0.3, 0.4) is 0 Å². The Morgan fingerprint density at radius 1 is 1.12 bits per heavy atom. The first-order valence-corrected chi connectivity index (χ1v) is 12.8. The van der Waals surface area contributed by atoms with E-state index in [0.717, 1.165) is 17.4 Å². The number of nitrogens with one attached hydrogen (secondary N) is 3. The average Bonchev–Trinajstić information content (AvgIpc) is 3.55. The topological polar surface area (TPSA) is 134 Å². The van der Waals surface area contributed by atoms with Gasteiger partial charge in [-0.1, -0.05) is 5.16 Å². The zero-order valence-corrected chi connectivity index (χ0v) is 23.5. The summed E-state index contributed by atoms with van der Waals surface area (Å²) >= 11 is 1.08. The van der Waals surface area contributed by atoms with E-state index in [4.69, 9.17) is 4.52 Å². The summed E-state index contributed by atoms with van der Waals surface area (Å²) in [6.45, 7) is 8.10. The van der Waals surface area contributed by atoms with Crippen molar-refractivity contribution >= 4 is 35.2 Å². The Morgan fingerprint density at radius 3 is 2.48 bits per heavy atom. The van der Waals surface area contributed by atoms with Crippen molar-refractivity contribution in [3.8, 4) is 10.6 Å². The van der Waals surface area contributed by atoms with Crippen LogP contribution in [-0.4, -0.2) is 40.2 Å². The molecular formula is C26H28F3N7O3S. The number of nitrogens with zero attached hydrogens (tertiary/aromatic N) is 4. The van der Waals surface area contributed by atoms with E-state index in [1.165, 1.54) is 24.7 Å². The highest BCUT2D eigenvalue weighted by atomic mass is 32.1. The van der Waals surface area contributed by atoms with E-state index in [0.29, 0.717) is 34.0 Å². The molecule has 2 amide bonds. The summed E-state index contributed by atoms with van der Waals surface area (Å²) in [6, 6.07) is 2.71. The summed E-state index contributed by atoms with van der Waals surface area (Å²) in [5, 5.41) is 13.9. The summed E-state index contributed by atoms with van der Waals surface area (Å²) in [7, 11) is 1.62. The molecule has 212 valence electrons. The van der Waals surface area contributed by atoms with Crippen LogP contribution in [0, 0.1) is 13.8 Å². The molecule has 0 atom stereocenters. The molecule has 0 saturated heterocycles. The number of thiazole rings is 1. The predicted molar refractivity (Wildman–Crippen MR) is 145 cm³/mol. The van der Waals surface area contributed by atoms with Gasteiger partial charge in [-0.05, 0) is 46.3 Å². The number of hydrogen-bond donors (Lipinski definition) is 3. The van der Waals surface area contributed by atoms with Crippen molar-refractivity contribution in [2.45, 2.75) is 47.3 Å². The minimum absolute atomic E-state index is 0.132. The summed E-state index contributed by atoms with van der Waals surface area (Å²) in [5.74, 6) is 0.302. The summed E-state index contributed by atoms with van der Waals surface area (Å²) in [6.07, 6.45) is -1.78. The van der Waals surface area contributed by atoms with Crippen LogP contribution in [0.5, 0.6) is 0 Å². The number of alkyl halides is 3. The third-order valence-corrected chi connectivity index (χ3v) is 6.64. The molecule has 0 radical (unpaired) electrons. The van der Waals surface area contributed by atoms with E-state index in [9.17, 15) is 22.8 Å². The SMILES string of the molecule is CNC(/N=C/C(C)=C(/C)C(=O)Nc1csc(-c2cnc(C)c(C(F)(F)F)c2)n1)=C(/C)C(=O)NCc1cc(C)on1. The largest absolute Gasteiger partial charge is 0.418 e. The zero-order valence-electron chi connectivity index (χ0n) is 22.6. The molecule has 3 rings (SSSR count). The fraction of sp³-hybridized carbons (Fsp3) is 0.308. The van der Waals surface area contributed by atoms with Gasteiger partial charge in [-0.2, -0.15) is 13.2 Å². The normalized spacial score (nSPS) is 13.1. The predicted octanol–water partition coefficient (Wildman–Crippen LogP) is 4.94. The van der Waals surface area contributed by atoms with Crippen LogP contribution in [0.15, 0.2) is 55.8 Å². The molecule has 10 nitrogen and oxygen atoms in total. The third kappa shape index (κ3) is 7.62. The number of anilines is 1. The van der Waals surface area contributed by atoms with Crippen LogP contribution in [0.2, 0.25) is 0 Å². The Kier molecular flexibility index (Phi) is 9.58. The van der Waals surface area contributed by atoms with E-state index in [-0.39, 0.29) is 34.5 Å². The van der Waals surface area contributed by atoms with Gasteiger partial charge in [0.2, 0.25) is 0 Å². The summed E-state index contributed by atoms with van der Waals surface area (Å²) in [4.78, 5) is 37.7. The third-order valence-electron chi connectivity index (χ3n) is 5.74. The molecule has 14 heteroatoms. The van der Waals surface area contributed by atoms with Crippen LogP contribution >= 0.6 is 11.3 Å². The van der Waals surface area contributed by atoms with Gasteiger partial charge in [0, 0.05) is 47.7 Å². The summed E-state index contributed by atoms with van der Waals surface area (Å²) in [5.41, 5.74) is 0.977. The van der Waals surface area contributed by atoms with Crippen molar-refractivity contribution in [3.63, 3.8) is 0 Å². The van der Waals surface area contributed by atoms with E-state index in [1.807, 2.05) is 0 Å². The van der Waals surface area contributed by atoms with Gasteiger partial charge in [-0.25, -0.2) is 9.98 Å². The molecule has 3 aromatic heterocycles. The fourth-order valence-electron chi connectivity index (χ4n) is 3.31. The second-order valence-corrected chi connectivity index (χ2v) is 9.61. The standard InChI is InChI=1S/C26H28F3N7O3S/c1-13(9-32-22(30-6)16(4)23(37)33-11-19-7-14(2)39-36-19)15(3)24(38)34-21-12-40-25(35-21)18-8-20(26(27,28)29)17(5)31-10-18/h7-10,12,30H,11H2,1-6H3,(H,33,37)(H,34,38)/b15-13-,22-16+,32-9+. The number of amides is 2. The van der Waals surface area contributed by atoms with E-state index < -0.39 is 17.6 Å². The lowest BCUT2D eigenvalue weighted by molar-refractivity contribution is -0.138. The monoisotopic (exact) mass is 575 g/mol. The maximum atomic E-state index is 13.2. The quantitative estimate of drug-likeness (QED) is 0.243. The van der Waals surface area contributed by atoms with Gasteiger partial charge in [-0.3, -0.25) is 14.6 Å². The Balaban J connectivity index is 1.69. The molecule has 3 N–H and O–H groups in total. The molecule has 0 saturated carbocycles. The van der Waals surface area contributed by atoms with Gasteiger partial charge in [0.1, 0.15) is 28.1 Å². The van der Waals surface area contributed by atoms with Gasteiger partial charge in [0.25, 0.3) is 11.8 Å². The van der Waals surface area contributed by atoms with Crippen LogP contribution < -0.4 is 16.0 Å². The highest BCUT2D eigenvalue weighted by molar-refractivity contribution is 7.13. The lowest BCUT2D eigenvalue weighted by Crippen LogP contribution is -2.26. The number of halogens is 3. The molecule has 0 fully saturated rings. The van der Waals surface area contributed by atoms with E-state index in [1.54, 1.807) is 40.8 Å². The number of aryl methyl sites for hydroxylation is 2. The number of allylic oxidation sites excluding steroid dienone is 1. The van der Waals surface area contributed by atoms with Gasteiger partial charge >= 0.3 is 6.18 Å². The maximum absolute atomic E-state index is 13.2.